The van der Waals surface area contributed by atoms with Crippen LogP contribution in [-0.4, -0.2) is 38.6 Å². The summed E-state index contributed by atoms with van der Waals surface area (Å²) in [5, 5.41) is 2.55. The molecule has 9 heteroatoms. The number of sulfone groups is 1. The number of esters is 1. The Morgan fingerprint density at radius 2 is 1.48 bits per heavy atom. The van der Waals surface area contributed by atoms with E-state index in [9.17, 15) is 22.8 Å². The van der Waals surface area contributed by atoms with Gasteiger partial charge in [0.1, 0.15) is 0 Å². The molecule has 0 bridgehead atoms. The zero-order chi connectivity index (χ0) is 20.2. The van der Waals surface area contributed by atoms with Gasteiger partial charge in [-0.2, -0.15) is 0 Å². The van der Waals surface area contributed by atoms with Crippen LogP contribution in [0.25, 0.3) is 0 Å². The number of hydrogen-bond donors (Lipinski definition) is 2. The van der Waals surface area contributed by atoms with E-state index in [0.717, 1.165) is 6.26 Å². The third-order valence-corrected chi connectivity index (χ3v) is 4.74. The smallest absolute Gasteiger partial charge is 0.338 e. The molecular formula is C18H18N2O6S. The Hall–Kier alpha value is -3.20. The number of ether oxygens (including phenoxy) is 1. The molecule has 0 saturated carbocycles. The highest BCUT2D eigenvalue weighted by Gasteiger charge is 2.19. The molecule has 27 heavy (non-hydrogen) atoms. The lowest BCUT2D eigenvalue weighted by Crippen LogP contribution is -2.30. The molecule has 0 aliphatic heterocycles. The maximum Gasteiger partial charge on any atom is 0.338 e. The molecule has 8 nitrogen and oxygen atoms in total. The Kier molecular flexibility index (Phi) is 5.96. The molecule has 2 aromatic rings. The molecule has 2 aromatic carbocycles. The number of amides is 2. The average molecular weight is 390 g/mol. The van der Waals surface area contributed by atoms with Crippen LogP contribution in [-0.2, 0) is 19.4 Å². The lowest BCUT2D eigenvalue weighted by molar-refractivity contribution is -0.123. The first-order chi connectivity index (χ1) is 12.6. The molecule has 1 atom stereocenters. The van der Waals surface area contributed by atoms with Crippen molar-refractivity contribution in [2.75, 3.05) is 11.6 Å². The Balaban J connectivity index is 1.98. The van der Waals surface area contributed by atoms with Gasteiger partial charge in [-0.15, -0.1) is 0 Å². The van der Waals surface area contributed by atoms with E-state index in [0.29, 0.717) is 11.3 Å². The molecule has 0 radical (unpaired) electrons. The number of carbonyl (C=O) groups excluding carboxylic acids is 3. The second kappa shape index (κ2) is 8.00. The van der Waals surface area contributed by atoms with Gasteiger partial charge < -0.3 is 15.8 Å². The monoisotopic (exact) mass is 390 g/mol. The van der Waals surface area contributed by atoms with Crippen LogP contribution in [0.1, 0.15) is 27.6 Å². The van der Waals surface area contributed by atoms with E-state index in [4.69, 9.17) is 10.5 Å². The minimum atomic E-state index is -3.37. The Labute approximate surface area is 156 Å². The van der Waals surface area contributed by atoms with Crippen molar-refractivity contribution in [1.82, 2.24) is 0 Å². The number of benzene rings is 2. The highest BCUT2D eigenvalue weighted by molar-refractivity contribution is 7.90. The zero-order valence-corrected chi connectivity index (χ0v) is 15.4. The molecular weight excluding hydrogens is 372 g/mol. The second-order valence-electron chi connectivity index (χ2n) is 5.77. The number of carbonyl (C=O) groups is 3. The Morgan fingerprint density at radius 1 is 0.963 bits per heavy atom. The van der Waals surface area contributed by atoms with Crippen molar-refractivity contribution < 1.29 is 27.5 Å². The first kappa shape index (κ1) is 20.1. The fourth-order valence-corrected chi connectivity index (χ4v) is 2.71. The molecule has 0 aromatic heterocycles. The van der Waals surface area contributed by atoms with Crippen LogP contribution in [0.3, 0.4) is 0 Å². The van der Waals surface area contributed by atoms with Crippen molar-refractivity contribution in [2.45, 2.75) is 17.9 Å². The number of nitrogens with one attached hydrogen (secondary N) is 1. The fraction of sp³-hybridized carbons (Fsp3) is 0.167. The standard InChI is InChI=1S/C18H18N2O6S/c1-11(17(22)20-14-7-3-12(4-8-14)16(19)21)26-18(23)13-5-9-15(10-6-13)27(2,24)25/h3-11H,1-2H3,(H2,19,21)(H,20,22)/t11-/m1/s1. The summed E-state index contributed by atoms with van der Waals surface area (Å²) in [6.07, 6.45) is -0.0363. The van der Waals surface area contributed by atoms with Crippen molar-refractivity contribution in [3.8, 4) is 0 Å². The molecule has 0 spiro atoms. The van der Waals surface area contributed by atoms with Gasteiger partial charge in [0.2, 0.25) is 5.91 Å². The number of hydrogen-bond acceptors (Lipinski definition) is 6. The Bertz CT molecular complexity index is 966. The molecule has 0 unspecified atom stereocenters. The minimum absolute atomic E-state index is 0.0734. The molecule has 0 fully saturated rings. The molecule has 0 aliphatic carbocycles. The van der Waals surface area contributed by atoms with Gasteiger partial charge in [-0.3, -0.25) is 9.59 Å². The first-order valence-electron chi connectivity index (χ1n) is 7.80. The van der Waals surface area contributed by atoms with Gasteiger partial charge in [0.05, 0.1) is 10.5 Å². The van der Waals surface area contributed by atoms with Gasteiger partial charge in [0.15, 0.2) is 15.9 Å². The summed E-state index contributed by atoms with van der Waals surface area (Å²) in [5.74, 6) is -1.92. The molecule has 2 amide bonds. The van der Waals surface area contributed by atoms with Crippen molar-refractivity contribution in [1.29, 1.82) is 0 Å². The minimum Gasteiger partial charge on any atom is -0.449 e. The lowest BCUT2D eigenvalue weighted by atomic mass is 10.2. The molecule has 0 saturated heterocycles. The van der Waals surface area contributed by atoms with Crippen LogP contribution >= 0.6 is 0 Å². The number of primary amides is 1. The van der Waals surface area contributed by atoms with E-state index in [1.807, 2.05) is 0 Å². The highest BCUT2D eigenvalue weighted by Crippen LogP contribution is 2.13. The van der Waals surface area contributed by atoms with E-state index < -0.39 is 33.7 Å². The quantitative estimate of drug-likeness (QED) is 0.716. The van der Waals surface area contributed by atoms with Crippen LogP contribution in [0.5, 0.6) is 0 Å². The average Bonchev–Trinajstić information content (AvgIpc) is 2.61. The van der Waals surface area contributed by atoms with Gasteiger partial charge in [-0.25, -0.2) is 13.2 Å². The number of anilines is 1. The number of rotatable bonds is 6. The number of nitrogens with two attached hydrogens (primary N) is 1. The van der Waals surface area contributed by atoms with Gasteiger partial charge in [0, 0.05) is 17.5 Å². The highest BCUT2D eigenvalue weighted by atomic mass is 32.2. The van der Waals surface area contributed by atoms with E-state index in [1.165, 1.54) is 55.5 Å². The van der Waals surface area contributed by atoms with Crippen molar-refractivity contribution in [3.05, 3.63) is 59.7 Å². The maximum atomic E-state index is 12.1. The summed E-state index contributed by atoms with van der Waals surface area (Å²) in [6, 6.07) is 11.1. The van der Waals surface area contributed by atoms with Crippen LogP contribution in [0.2, 0.25) is 0 Å². The maximum absolute atomic E-state index is 12.1. The first-order valence-corrected chi connectivity index (χ1v) is 9.69. The van der Waals surface area contributed by atoms with E-state index in [1.54, 1.807) is 0 Å². The van der Waals surface area contributed by atoms with Crippen LogP contribution in [0, 0.1) is 0 Å². The SMILES string of the molecule is C[C@@H](OC(=O)c1ccc(S(C)(=O)=O)cc1)C(=O)Nc1ccc(C(N)=O)cc1. The van der Waals surface area contributed by atoms with Gasteiger partial charge >= 0.3 is 5.97 Å². The third kappa shape index (κ3) is 5.38. The summed E-state index contributed by atoms with van der Waals surface area (Å²) < 4.78 is 27.9. The van der Waals surface area contributed by atoms with E-state index in [-0.39, 0.29) is 10.5 Å². The van der Waals surface area contributed by atoms with Crippen LogP contribution in [0.4, 0.5) is 5.69 Å². The zero-order valence-electron chi connectivity index (χ0n) is 14.6. The predicted molar refractivity (Wildman–Crippen MR) is 98.0 cm³/mol. The third-order valence-electron chi connectivity index (χ3n) is 3.61. The van der Waals surface area contributed by atoms with Crippen LogP contribution in [0.15, 0.2) is 53.4 Å². The molecule has 142 valence electrons. The van der Waals surface area contributed by atoms with E-state index in [2.05, 4.69) is 5.32 Å². The summed E-state index contributed by atoms with van der Waals surface area (Å²) in [4.78, 5) is 35.3. The van der Waals surface area contributed by atoms with Crippen molar-refractivity contribution >= 4 is 33.3 Å². The van der Waals surface area contributed by atoms with Gasteiger partial charge in [-0.1, -0.05) is 0 Å². The second-order valence-corrected chi connectivity index (χ2v) is 7.79. The van der Waals surface area contributed by atoms with Gasteiger partial charge in [0.25, 0.3) is 5.91 Å². The summed E-state index contributed by atoms with van der Waals surface area (Å²) in [6.45, 7) is 1.40. The Morgan fingerprint density at radius 3 is 1.96 bits per heavy atom. The molecule has 0 aliphatic rings. The van der Waals surface area contributed by atoms with Crippen LogP contribution < -0.4 is 11.1 Å². The summed E-state index contributed by atoms with van der Waals surface area (Å²) >= 11 is 0. The van der Waals surface area contributed by atoms with Crippen molar-refractivity contribution in [2.24, 2.45) is 5.73 Å². The summed E-state index contributed by atoms with van der Waals surface area (Å²) in [7, 11) is -3.37. The largest absolute Gasteiger partial charge is 0.449 e. The molecule has 0 heterocycles. The van der Waals surface area contributed by atoms with E-state index >= 15 is 0 Å². The topological polar surface area (TPSA) is 133 Å². The van der Waals surface area contributed by atoms with Gasteiger partial charge in [-0.05, 0) is 55.5 Å². The predicted octanol–water partition coefficient (Wildman–Crippen LogP) is 1.37. The van der Waals surface area contributed by atoms with Crippen molar-refractivity contribution in [3.63, 3.8) is 0 Å². The lowest BCUT2D eigenvalue weighted by Gasteiger charge is -2.14. The molecule has 2 rings (SSSR count). The molecule has 3 N–H and O–H groups in total. The summed E-state index contributed by atoms with van der Waals surface area (Å²) in [5.41, 5.74) is 5.96. The normalized spacial score (nSPS) is 12.1. The fourth-order valence-electron chi connectivity index (χ4n) is 2.08.